The number of methoxy groups -OCH3 is 1. The van der Waals surface area contributed by atoms with Gasteiger partial charge in [-0.15, -0.1) is 11.8 Å². The average Bonchev–Trinajstić information content (AvgIpc) is 3.28. The predicted octanol–water partition coefficient (Wildman–Crippen LogP) is 6.44. The Bertz CT molecular complexity index is 1150. The molecule has 1 aliphatic rings. The number of pyridine rings is 1. The van der Waals surface area contributed by atoms with Gasteiger partial charge in [-0.25, -0.2) is 4.79 Å². The highest BCUT2D eigenvalue weighted by atomic mass is 32.2. The molecule has 1 N–H and O–H groups in total. The number of carbonyl (C=O) groups is 1. The predicted molar refractivity (Wildman–Crippen MR) is 135 cm³/mol. The van der Waals surface area contributed by atoms with Crippen LogP contribution in [0.2, 0.25) is 0 Å². The summed E-state index contributed by atoms with van der Waals surface area (Å²) in [6, 6.07) is 16.4. The number of aromatic nitrogens is 1. The Morgan fingerprint density at radius 3 is 2.67 bits per heavy atom. The topological polar surface area (TPSA) is 60.5 Å². The molecule has 0 aliphatic carbocycles. The van der Waals surface area contributed by atoms with E-state index < -0.39 is 11.7 Å². The largest absolute Gasteiger partial charge is 0.497 e. The summed E-state index contributed by atoms with van der Waals surface area (Å²) in [7, 11) is 1.66. The number of ether oxygens (including phenoxy) is 2. The minimum atomic E-state index is -0.547. The second-order valence-electron chi connectivity index (χ2n) is 9.18. The van der Waals surface area contributed by atoms with Crippen molar-refractivity contribution in [2.75, 3.05) is 7.11 Å². The van der Waals surface area contributed by atoms with Gasteiger partial charge in [-0.2, -0.15) is 0 Å². The van der Waals surface area contributed by atoms with Gasteiger partial charge in [0.05, 0.1) is 13.2 Å². The summed E-state index contributed by atoms with van der Waals surface area (Å²) in [4.78, 5) is 18.0. The third kappa shape index (κ3) is 6.08. The zero-order valence-corrected chi connectivity index (χ0v) is 20.3. The number of carbonyl (C=O) groups excluding carboxylic acids is 1. The van der Waals surface area contributed by atoms with Crippen LogP contribution in [0.15, 0.2) is 71.9 Å². The van der Waals surface area contributed by atoms with Gasteiger partial charge in [-0.1, -0.05) is 30.3 Å². The Morgan fingerprint density at radius 1 is 1.15 bits per heavy atom. The molecule has 6 heteroatoms. The van der Waals surface area contributed by atoms with Crippen molar-refractivity contribution in [3.63, 3.8) is 0 Å². The molecule has 0 radical (unpaired) electrons. The first-order valence-electron chi connectivity index (χ1n) is 11.1. The van der Waals surface area contributed by atoms with Crippen LogP contribution in [0.1, 0.15) is 43.6 Å². The maximum atomic E-state index is 12.6. The van der Waals surface area contributed by atoms with Crippen LogP contribution in [0.25, 0.3) is 10.8 Å². The van der Waals surface area contributed by atoms with Gasteiger partial charge in [-0.05, 0) is 74.4 Å². The molecule has 1 amide bonds. The van der Waals surface area contributed by atoms with Gasteiger partial charge in [-0.3, -0.25) is 4.98 Å². The number of fused-ring (bicyclic) bond motifs is 1. The molecule has 0 saturated carbocycles. The third-order valence-electron chi connectivity index (χ3n) is 5.48. The minimum Gasteiger partial charge on any atom is -0.497 e. The number of hydrogen-bond donors (Lipinski definition) is 1. The van der Waals surface area contributed by atoms with Crippen LogP contribution < -0.4 is 10.1 Å². The lowest BCUT2D eigenvalue weighted by atomic mass is 10.0. The quantitative estimate of drug-likeness (QED) is 0.457. The molecule has 0 spiro atoms. The van der Waals surface area contributed by atoms with E-state index in [0.29, 0.717) is 11.7 Å². The molecule has 1 aromatic heterocycles. The van der Waals surface area contributed by atoms with Gasteiger partial charge < -0.3 is 14.8 Å². The molecule has 3 aromatic rings. The van der Waals surface area contributed by atoms with Crippen LogP contribution in [0.5, 0.6) is 5.75 Å². The van der Waals surface area contributed by atoms with Crippen LogP contribution in [0.4, 0.5) is 4.79 Å². The standard InChI is InChI=1S/C27H30N2O3S/c1-27(2,3)32-26(30)29-23(15-18-5-9-22(31-4)10-6-18)25-12-11-24(33-25)20-7-8-21-17-28-14-13-19(21)16-20/h5-10,12-14,16-17,23-24H,11,15H2,1-4H3,(H,29,30)/t23-,24?/m0/s1. The fraction of sp³-hybridized carbons (Fsp3) is 0.333. The monoisotopic (exact) mass is 462 g/mol. The van der Waals surface area contributed by atoms with Crippen LogP contribution in [-0.4, -0.2) is 29.8 Å². The molecule has 2 aromatic carbocycles. The SMILES string of the molecule is COc1ccc(C[C@H](NC(=O)OC(C)(C)C)C2=CCC(c3ccc4cnccc4c3)S2)cc1. The molecule has 33 heavy (non-hydrogen) atoms. The second kappa shape index (κ2) is 9.87. The molecular weight excluding hydrogens is 432 g/mol. The smallest absolute Gasteiger partial charge is 0.408 e. The summed E-state index contributed by atoms with van der Waals surface area (Å²) in [5.41, 5.74) is 1.86. The van der Waals surface area contributed by atoms with Gasteiger partial charge in [0.1, 0.15) is 11.4 Å². The van der Waals surface area contributed by atoms with Crippen molar-refractivity contribution in [2.24, 2.45) is 0 Å². The highest BCUT2D eigenvalue weighted by molar-refractivity contribution is 8.03. The Kier molecular flexibility index (Phi) is 6.94. The van der Waals surface area contributed by atoms with E-state index in [-0.39, 0.29) is 6.04 Å². The summed E-state index contributed by atoms with van der Waals surface area (Å²) < 4.78 is 10.8. The number of hydrogen-bond acceptors (Lipinski definition) is 5. The van der Waals surface area contributed by atoms with Crippen molar-refractivity contribution in [3.05, 3.63) is 83.0 Å². The summed E-state index contributed by atoms with van der Waals surface area (Å²) in [5, 5.41) is 5.75. The third-order valence-corrected chi connectivity index (χ3v) is 6.95. The first-order valence-corrected chi connectivity index (χ1v) is 12.0. The number of benzene rings is 2. The highest BCUT2D eigenvalue weighted by Gasteiger charge is 2.28. The van der Waals surface area contributed by atoms with Crippen molar-refractivity contribution in [3.8, 4) is 5.75 Å². The molecule has 2 heterocycles. The first kappa shape index (κ1) is 23.2. The Labute approximate surface area is 199 Å². The minimum absolute atomic E-state index is 0.159. The molecule has 2 atom stereocenters. The molecule has 1 aliphatic heterocycles. The lowest BCUT2D eigenvalue weighted by Gasteiger charge is -2.25. The van der Waals surface area contributed by atoms with E-state index in [9.17, 15) is 4.79 Å². The molecule has 1 unspecified atom stereocenters. The van der Waals surface area contributed by atoms with Gasteiger partial charge in [0.2, 0.25) is 0 Å². The first-order chi connectivity index (χ1) is 15.8. The van der Waals surface area contributed by atoms with Crippen molar-refractivity contribution >= 4 is 28.6 Å². The van der Waals surface area contributed by atoms with Crippen molar-refractivity contribution < 1.29 is 14.3 Å². The number of nitrogens with zero attached hydrogens (tertiary/aromatic N) is 1. The molecule has 0 fully saturated rings. The molecule has 172 valence electrons. The maximum Gasteiger partial charge on any atom is 0.408 e. The number of nitrogens with one attached hydrogen (secondary N) is 1. The normalized spacial score (nSPS) is 16.8. The lowest BCUT2D eigenvalue weighted by Crippen LogP contribution is -2.40. The van der Waals surface area contributed by atoms with E-state index in [2.05, 4.69) is 34.6 Å². The van der Waals surface area contributed by atoms with E-state index in [0.717, 1.165) is 28.0 Å². The Hall–Kier alpha value is -2.99. The second-order valence-corrected chi connectivity index (χ2v) is 10.5. The Balaban J connectivity index is 1.51. The number of allylic oxidation sites excluding steroid dienone is 1. The van der Waals surface area contributed by atoms with Gasteiger partial charge in [0.25, 0.3) is 0 Å². The van der Waals surface area contributed by atoms with Crippen molar-refractivity contribution in [1.82, 2.24) is 10.3 Å². The fourth-order valence-corrected chi connectivity index (χ4v) is 5.19. The molecule has 0 bridgehead atoms. The summed E-state index contributed by atoms with van der Waals surface area (Å²) >= 11 is 1.82. The zero-order chi connectivity index (χ0) is 23.4. The van der Waals surface area contributed by atoms with E-state index >= 15 is 0 Å². The molecule has 4 rings (SSSR count). The summed E-state index contributed by atoms with van der Waals surface area (Å²) in [6.45, 7) is 5.62. The Morgan fingerprint density at radius 2 is 1.94 bits per heavy atom. The van der Waals surface area contributed by atoms with Crippen molar-refractivity contribution in [1.29, 1.82) is 0 Å². The zero-order valence-electron chi connectivity index (χ0n) is 19.5. The van der Waals surface area contributed by atoms with Crippen LogP contribution in [0.3, 0.4) is 0 Å². The summed E-state index contributed by atoms with van der Waals surface area (Å²) in [5.74, 6) is 0.816. The number of thioether (sulfide) groups is 1. The number of rotatable bonds is 6. The number of amides is 1. The molecule has 0 saturated heterocycles. The van der Waals surface area contributed by atoms with E-state index in [1.807, 2.05) is 75.3 Å². The van der Waals surface area contributed by atoms with Crippen molar-refractivity contribution in [2.45, 2.75) is 50.5 Å². The van der Waals surface area contributed by atoms with E-state index in [1.165, 1.54) is 10.9 Å². The van der Waals surface area contributed by atoms with Gasteiger partial charge >= 0.3 is 6.09 Å². The maximum absolute atomic E-state index is 12.6. The summed E-state index contributed by atoms with van der Waals surface area (Å²) in [6.07, 6.45) is 7.17. The average molecular weight is 463 g/mol. The van der Waals surface area contributed by atoms with E-state index in [4.69, 9.17) is 9.47 Å². The van der Waals surface area contributed by atoms with Crippen LogP contribution >= 0.6 is 11.8 Å². The molecule has 5 nitrogen and oxygen atoms in total. The number of alkyl carbamates (subject to hydrolysis) is 1. The van der Waals surface area contributed by atoms with Crippen LogP contribution in [-0.2, 0) is 11.2 Å². The van der Waals surface area contributed by atoms with Gasteiger partial charge in [0.15, 0.2) is 0 Å². The molecular formula is C27H30N2O3S. The fourth-order valence-electron chi connectivity index (χ4n) is 3.88. The van der Waals surface area contributed by atoms with E-state index in [1.54, 1.807) is 7.11 Å². The lowest BCUT2D eigenvalue weighted by molar-refractivity contribution is 0.0513. The highest BCUT2D eigenvalue weighted by Crippen LogP contribution is 2.46. The van der Waals surface area contributed by atoms with Crippen LogP contribution in [0, 0.1) is 0 Å². The van der Waals surface area contributed by atoms with Gasteiger partial charge in [0, 0.05) is 27.9 Å².